The van der Waals surface area contributed by atoms with E-state index in [1.165, 1.54) is 6.08 Å². The topological polar surface area (TPSA) is 23.8 Å². The van der Waals surface area contributed by atoms with E-state index >= 15 is 0 Å². The molecule has 74 valence electrons. The average molecular weight is 208 g/mol. The summed E-state index contributed by atoms with van der Waals surface area (Å²) in [5.74, 6) is 0. The molecule has 0 spiro atoms. The molecule has 0 unspecified atom stereocenters. The third-order valence-electron chi connectivity index (χ3n) is 1.49. The van der Waals surface area contributed by atoms with Crippen molar-refractivity contribution in [1.29, 1.82) is 5.26 Å². The predicted molar refractivity (Wildman–Crippen MR) is 62.0 cm³/mol. The van der Waals surface area contributed by atoms with Crippen LogP contribution in [0.4, 0.5) is 0 Å². The van der Waals surface area contributed by atoms with E-state index in [9.17, 15) is 0 Å². The molecule has 0 aliphatic carbocycles. The highest BCUT2D eigenvalue weighted by molar-refractivity contribution is 6.48. The maximum atomic E-state index is 8.36. The summed E-state index contributed by atoms with van der Waals surface area (Å²) in [6.07, 6.45) is 1.33. The molecule has 0 N–H and O–H groups in total. The smallest absolute Gasteiger partial charge is 0.0927 e. The Morgan fingerprint density at radius 3 is 2.57 bits per heavy atom. The second kappa shape index (κ2) is 7.17. The highest BCUT2D eigenvalue weighted by Crippen LogP contribution is 2.18. The molecular weight excluding hydrogens is 194 g/mol. The molecule has 0 amide bonds. The minimum atomic E-state index is 0.487. The second-order valence-corrected chi connectivity index (χ2v) is 2.90. The Morgan fingerprint density at radius 2 is 2.07 bits per heavy atom. The highest BCUT2D eigenvalue weighted by Gasteiger charge is 1.96. The van der Waals surface area contributed by atoms with E-state index in [1.807, 2.05) is 51.1 Å². The van der Waals surface area contributed by atoms with Crippen molar-refractivity contribution in [1.82, 2.24) is 0 Å². The molecule has 0 aliphatic heterocycles. The van der Waals surface area contributed by atoms with Gasteiger partial charge in [-0.25, -0.2) is 0 Å². The Hall–Kier alpha value is -1.26. The van der Waals surface area contributed by atoms with Crippen LogP contribution < -0.4 is 0 Å². The zero-order valence-electron chi connectivity index (χ0n) is 8.71. The quantitative estimate of drug-likeness (QED) is 0.636. The molecule has 14 heavy (non-hydrogen) atoms. The van der Waals surface area contributed by atoms with Crippen molar-refractivity contribution in [2.75, 3.05) is 0 Å². The number of aryl methyl sites for hydroxylation is 1. The summed E-state index contributed by atoms with van der Waals surface area (Å²) in [5.41, 5.74) is 2.02. The molecule has 1 nitrogen and oxygen atoms in total. The van der Waals surface area contributed by atoms with Crippen LogP contribution in [0.3, 0.4) is 0 Å². The van der Waals surface area contributed by atoms with Crippen LogP contribution in [0.25, 0.3) is 5.03 Å². The van der Waals surface area contributed by atoms with Gasteiger partial charge in [-0.2, -0.15) is 5.26 Å². The molecule has 0 bridgehead atoms. The zero-order valence-corrected chi connectivity index (χ0v) is 9.47. The summed E-state index contributed by atoms with van der Waals surface area (Å²) in [6, 6.07) is 9.61. The molecule has 0 aliphatic rings. The van der Waals surface area contributed by atoms with E-state index in [0.717, 1.165) is 11.1 Å². The summed E-state index contributed by atoms with van der Waals surface area (Å²) < 4.78 is 0. The van der Waals surface area contributed by atoms with Gasteiger partial charge < -0.3 is 0 Å². The summed E-state index contributed by atoms with van der Waals surface area (Å²) in [4.78, 5) is 0. The van der Waals surface area contributed by atoms with Crippen LogP contribution >= 0.6 is 11.6 Å². The molecule has 1 aromatic rings. The lowest BCUT2D eigenvalue weighted by molar-refractivity contribution is 1.45. The molecule has 0 heterocycles. The van der Waals surface area contributed by atoms with Crippen molar-refractivity contribution >= 4 is 16.6 Å². The number of benzene rings is 1. The van der Waals surface area contributed by atoms with Crippen molar-refractivity contribution in [3.05, 3.63) is 41.5 Å². The molecular formula is C12H14ClN. The first-order chi connectivity index (χ1) is 6.74. The van der Waals surface area contributed by atoms with Gasteiger partial charge in [-0.15, -0.1) is 0 Å². The average Bonchev–Trinajstić information content (AvgIpc) is 2.21. The monoisotopic (exact) mass is 207 g/mol. The van der Waals surface area contributed by atoms with E-state index in [-0.39, 0.29) is 0 Å². The number of nitriles is 1. The normalized spacial score (nSPS) is 9.79. The third kappa shape index (κ3) is 4.11. The van der Waals surface area contributed by atoms with Crippen molar-refractivity contribution in [3.63, 3.8) is 0 Å². The van der Waals surface area contributed by atoms with Gasteiger partial charge in [-0.3, -0.25) is 0 Å². The molecule has 0 fully saturated rings. The molecule has 0 aromatic heterocycles. The molecule has 0 radical (unpaired) electrons. The molecule has 1 aromatic carbocycles. The molecule has 1 rings (SSSR count). The summed E-state index contributed by atoms with van der Waals surface area (Å²) in [7, 11) is 0. The Morgan fingerprint density at radius 1 is 1.43 bits per heavy atom. The summed E-state index contributed by atoms with van der Waals surface area (Å²) >= 11 is 5.82. The number of halogens is 1. The van der Waals surface area contributed by atoms with Crippen LogP contribution in [0.2, 0.25) is 0 Å². The third-order valence-corrected chi connectivity index (χ3v) is 1.81. The first-order valence-corrected chi connectivity index (χ1v) is 4.94. The fourth-order valence-electron chi connectivity index (χ4n) is 0.934. The Balaban J connectivity index is 0.000000791. The Kier molecular flexibility index (Phi) is 6.53. The standard InChI is InChI=1S/C10H8ClN.C2H6/c1-8-3-2-4-9(7-8)10(11)5-6-12;1-2/h2-5,7H,1H3;1-2H3/b10-5-;. The van der Waals surface area contributed by atoms with Gasteiger partial charge in [0.25, 0.3) is 0 Å². The number of allylic oxidation sites excluding steroid dienone is 1. The van der Waals surface area contributed by atoms with Gasteiger partial charge in [0.2, 0.25) is 0 Å². The lowest BCUT2D eigenvalue weighted by Crippen LogP contribution is -1.77. The van der Waals surface area contributed by atoms with Crippen molar-refractivity contribution in [3.8, 4) is 6.07 Å². The number of hydrogen-bond donors (Lipinski definition) is 0. The Bertz CT molecular complexity index is 348. The lowest BCUT2D eigenvalue weighted by atomic mass is 10.1. The lowest BCUT2D eigenvalue weighted by Gasteiger charge is -1.97. The van der Waals surface area contributed by atoms with Gasteiger partial charge in [0.1, 0.15) is 0 Å². The molecule has 0 atom stereocenters. The van der Waals surface area contributed by atoms with Gasteiger partial charge in [0.15, 0.2) is 0 Å². The summed E-state index contributed by atoms with van der Waals surface area (Å²) in [6.45, 7) is 5.99. The molecule has 2 heteroatoms. The summed E-state index contributed by atoms with van der Waals surface area (Å²) in [5, 5.41) is 8.84. The van der Waals surface area contributed by atoms with E-state index in [4.69, 9.17) is 16.9 Å². The largest absolute Gasteiger partial charge is 0.193 e. The maximum Gasteiger partial charge on any atom is 0.0927 e. The second-order valence-electron chi connectivity index (χ2n) is 2.49. The van der Waals surface area contributed by atoms with Crippen LogP contribution in [-0.2, 0) is 0 Å². The van der Waals surface area contributed by atoms with Crippen LogP contribution in [0.5, 0.6) is 0 Å². The number of hydrogen-bond acceptors (Lipinski definition) is 1. The Labute approximate surface area is 90.6 Å². The maximum absolute atomic E-state index is 8.36. The van der Waals surface area contributed by atoms with Crippen molar-refractivity contribution in [2.24, 2.45) is 0 Å². The first-order valence-electron chi connectivity index (χ1n) is 4.56. The molecule has 0 saturated heterocycles. The van der Waals surface area contributed by atoms with Gasteiger partial charge in [-0.05, 0) is 12.5 Å². The SMILES string of the molecule is CC.Cc1cccc(/C(Cl)=C/C#N)c1. The molecule has 0 saturated carbocycles. The minimum absolute atomic E-state index is 0.487. The first kappa shape index (κ1) is 12.7. The number of nitrogens with zero attached hydrogens (tertiary/aromatic N) is 1. The van der Waals surface area contributed by atoms with Crippen LogP contribution in [-0.4, -0.2) is 0 Å². The van der Waals surface area contributed by atoms with Crippen LogP contribution in [0.1, 0.15) is 25.0 Å². The fraction of sp³-hybridized carbons (Fsp3) is 0.250. The zero-order chi connectivity index (χ0) is 11.0. The van der Waals surface area contributed by atoms with E-state index in [1.54, 1.807) is 0 Å². The van der Waals surface area contributed by atoms with E-state index in [2.05, 4.69) is 0 Å². The number of rotatable bonds is 1. The fourth-order valence-corrected chi connectivity index (χ4v) is 1.10. The van der Waals surface area contributed by atoms with Crippen LogP contribution in [0, 0.1) is 18.3 Å². The highest BCUT2D eigenvalue weighted by atomic mass is 35.5. The van der Waals surface area contributed by atoms with Crippen LogP contribution in [0.15, 0.2) is 30.3 Å². The van der Waals surface area contributed by atoms with Gasteiger partial charge in [0.05, 0.1) is 11.1 Å². The van der Waals surface area contributed by atoms with E-state index < -0.39 is 0 Å². The predicted octanol–water partition coefficient (Wildman–Crippen LogP) is 4.12. The van der Waals surface area contributed by atoms with Crippen molar-refractivity contribution in [2.45, 2.75) is 20.8 Å². The van der Waals surface area contributed by atoms with Crippen molar-refractivity contribution < 1.29 is 0 Å². The van der Waals surface area contributed by atoms with E-state index in [0.29, 0.717) is 5.03 Å². The van der Waals surface area contributed by atoms with Gasteiger partial charge in [0, 0.05) is 6.08 Å². The van der Waals surface area contributed by atoms with Gasteiger partial charge in [-0.1, -0.05) is 55.3 Å². The minimum Gasteiger partial charge on any atom is -0.193 e. The van der Waals surface area contributed by atoms with Gasteiger partial charge >= 0.3 is 0 Å².